The summed E-state index contributed by atoms with van der Waals surface area (Å²) in [6.45, 7) is 0. The van der Waals surface area contributed by atoms with Crippen LogP contribution in [0.15, 0.2) is 76.3 Å². The molecule has 0 aliphatic heterocycles. The predicted octanol–water partition coefficient (Wildman–Crippen LogP) is 3.50. The monoisotopic (exact) mass is 510 g/mol. The molecule has 3 aromatic carbocycles. The van der Waals surface area contributed by atoms with Gasteiger partial charge in [-0.05, 0) is 48.5 Å². The number of ether oxygens (including phenoxy) is 1. The molecule has 0 aromatic heterocycles. The smallest absolute Gasteiger partial charge is 0.329 e. The second kappa shape index (κ2) is 10.9. The van der Waals surface area contributed by atoms with Gasteiger partial charge in [0.25, 0.3) is 5.91 Å². The van der Waals surface area contributed by atoms with Gasteiger partial charge in [-0.25, -0.2) is 5.43 Å². The van der Waals surface area contributed by atoms with Gasteiger partial charge in [-0.3, -0.25) is 14.4 Å². The van der Waals surface area contributed by atoms with Crippen LogP contribution in [0.5, 0.6) is 11.5 Å². The maximum Gasteiger partial charge on any atom is 0.329 e. The summed E-state index contributed by atoms with van der Waals surface area (Å²) in [6, 6.07) is 18.0. The summed E-state index contributed by atoms with van der Waals surface area (Å²) in [5.41, 5.74) is 3.25. The van der Waals surface area contributed by atoms with Crippen LogP contribution in [-0.4, -0.2) is 36.2 Å². The van der Waals surface area contributed by atoms with Gasteiger partial charge in [-0.15, -0.1) is 0 Å². The van der Waals surface area contributed by atoms with Gasteiger partial charge in [0.1, 0.15) is 0 Å². The molecule has 0 bridgehead atoms. The first-order valence-corrected chi connectivity index (χ1v) is 10.3. The van der Waals surface area contributed by atoms with Crippen molar-refractivity contribution < 1.29 is 24.2 Å². The molecule has 0 spiro atoms. The predicted molar refractivity (Wildman–Crippen MR) is 128 cm³/mol. The van der Waals surface area contributed by atoms with E-state index in [1.165, 1.54) is 25.5 Å². The Hall–Kier alpha value is -4.18. The highest BCUT2D eigenvalue weighted by Gasteiger charge is 2.18. The molecule has 168 valence electrons. The topological polar surface area (TPSA) is 129 Å². The molecule has 0 saturated heterocycles. The number of amides is 3. The molecule has 0 aliphatic carbocycles. The van der Waals surface area contributed by atoms with Crippen LogP contribution in [-0.2, 0) is 9.59 Å². The Bertz CT molecular complexity index is 1210. The van der Waals surface area contributed by atoms with Crippen LogP contribution in [0.2, 0.25) is 0 Å². The van der Waals surface area contributed by atoms with Crippen molar-refractivity contribution in [3.63, 3.8) is 0 Å². The van der Waals surface area contributed by atoms with E-state index in [9.17, 15) is 19.5 Å². The van der Waals surface area contributed by atoms with Crippen molar-refractivity contribution in [3.8, 4) is 11.5 Å². The van der Waals surface area contributed by atoms with Gasteiger partial charge in [-0.2, -0.15) is 5.10 Å². The number of aromatic hydroxyl groups is 1. The summed E-state index contributed by atoms with van der Waals surface area (Å²) in [7, 11) is 1.40. The number of hydrazone groups is 1. The highest BCUT2D eigenvalue weighted by atomic mass is 79.9. The number of hydrogen-bond donors (Lipinski definition) is 4. The van der Waals surface area contributed by atoms with E-state index in [-0.39, 0.29) is 28.3 Å². The van der Waals surface area contributed by atoms with E-state index in [0.29, 0.717) is 5.69 Å². The third kappa shape index (κ3) is 6.17. The molecule has 33 heavy (non-hydrogen) atoms. The zero-order valence-corrected chi connectivity index (χ0v) is 18.9. The lowest BCUT2D eigenvalue weighted by atomic mass is 10.1. The van der Waals surface area contributed by atoms with Gasteiger partial charge in [0.15, 0.2) is 11.5 Å². The fraction of sp³-hybridized carbons (Fsp3) is 0.0435. The second-order valence-corrected chi connectivity index (χ2v) is 7.47. The number of benzene rings is 3. The third-order valence-electron chi connectivity index (χ3n) is 4.35. The van der Waals surface area contributed by atoms with Crippen LogP contribution < -0.4 is 20.8 Å². The van der Waals surface area contributed by atoms with Crippen LogP contribution in [0, 0.1) is 0 Å². The maximum absolute atomic E-state index is 12.7. The van der Waals surface area contributed by atoms with Crippen LogP contribution in [0.4, 0.5) is 11.4 Å². The van der Waals surface area contributed by atoms with Crippen LogP contribution in [0.25, 0.3) is 0 Å². The molecule has 0 radical (unpaired) electrons. The molecule has 0 atom stereocenters. The Morgan fingerprint density at radius 1 is 0.939 bits per heavy atom. The molecular weight excluding hydrogens is 492 g/mol. The van der Waals surface area contributed by atoms with Gasteiger partial charge >= 0.3 is 11.8 Å². The van der Waals surface area contributed by atoms with E-state index in [4.69, 9.17) is 4.74 Å². The molecule has 0 aliphatic rings. The Morgan fingerprint density at radius 3 is 2.39 bits per heavy atom. The third-order valence-corrected chi connectivity index (χ3v) is 4.88. The number of para-hydroxylation sites is 2. The SMILES string of the molecule is COc1cccc(/C=N/NC(=O)C(=O)Nc2ccccc2C(=O)Nc2ccc(Br)cc2)c1O. The molecule has 3 amide bonds. The summed E-state index contributed by atoms with van der Waals surface area (Å²) in [6.07, 6.45) is 1.17. The minimum atomic E-state index is -1.06. The molecule has 0 unspecified atom stereocenters. The highest BCUT2D eigenvalue weighted by Crippen LogP contribution is 2.27. The van der Waals surface area contributed by atoms with Crippen molar-refractivity contribution in [2.24, 2.45) is 5.10 Å². The van der Waals surface area contributed by atoms with Gasteiger partial charge in [-0.1, -0.05) is 34.1 Å². The number of carbonyl (C=O) groups is 3. The summed E-state index contributed by atoms with van der Waals surface area (Å²) in [4.78, 5) is 37.1. The highest BCUT2D eigenvalue weighted by molar-refractivity contribution is 9.10. The van der Waals surface area contributed by atoms with E-state index in [1.807, 2.05) is 0 Å². The van der Waals surface area contributed by atoms with Gasteiger partial charge < -0.3 is 20.5 Å². The summed E-state index contributed by atoms with van der Waals surface area (Å²) in [5, 5.41) is 18.8. The molecule has 9 nitrogen and oxygen atoms in total. The molecule has 3 aromatic rings. The fourth-order valence-electron chi connectivity index (χ4n) is 2.72. The van der Waals surface area contributed by atoms with Crippen LogP contribution in [0.1, 0.15) is 15.9 Å². The van der Waals surface area contributed by atoms with Gasteiger partial charge in [0.05, 0.1) is 24.6 Å². The number of rotatable bonds is 6. The van der Waals surface area contributed by atoms with Crippen molar-refractivity contribution >= 4 is 51.2 Å². The zero-order chi connectivity index (χ0) is 23.8. The number of nitrogens with one attached hydrogen (secondary N) is 3. The molecule has 10 heteroatoms. The van der Waals surface area contributed by atoms with E-state index in [2.05, 4.69) is 37.1 Å². The van der Waals surface area contributed by atoms with Crippen molar-refractivity contribution in [2.45, 2.75) is 0 Å². The van der Waals surface area contributed by atoms with Gasteiger partial charge in [0, 0.05) is 15.7 Å². The van der Waals surface area contributed by atoms with Crippen molar-refractivity contribution in [3.05, 3.63) is 82.3 Å². The average Bonchev–Trinajstić information content (AvgIpc) is 2.81. The lowest BCUT2D eigenvalue weighted by Gasteiger charge is -2.11. The normalized spacial score (nSPS) is 10.5. The molecule has 3 rings (SSSR count). The first-order valence-electron chi connectivity index (χ1n) is 9.55. The number of phenolic OH excluding ortho intramolecular Hbond substituents is 1. The summed E-state index contributed by atoms with van der Waals surface area (Å²) in [5.74, 6) is -2.46. The molecule has 0 saturated carbocycles. The standard InChI is InChI=1S/C23H19BrN4O5/c1-33-19-8-4-5-14(20(19)29)13-25-28-23(32)22(31)27-18-7-3-2-6-17(18)21(30)26-16-11-9-15(24)10-12-16/h2-13,29H,1H3,(H,26,30)(H,27,31)(H,28,32)/b25-13+. The molecule has 4 N–H and O–H groups in total. The van der Waals surface area contributed by atoms with Crippen molar-refractivity contribution in [1.82, 2.24) is 5.43 Å². The molecule has 0 fully saturated rings. The average molecular weight is 511 g/mol. The quantitative estimate of drug-likeness (QED) is 0.229. The van der Waals surface area contributed by atoms with E-state index >= 15 is 0 Å². The minimum absolute atomic E-state index is 0.154. The van der Waals surface area contributed by atoms with Gasteiger partial charge in [0.2, 0.25) is 0 Å². The number of nitrogens with zero attached hydrogens (tertiary/aromatic N) is 1. The second-order valence-electron chi connectivity index (χ2n) is 6.56. The summed E-state index contributed by atoms with van der Waals surface area (Å²) >= 11 is 3.32. The Balaban J connectivity index is 1.65. The summed E-state index contributed by atoms with van der Waals surface area (Å²) < 4.78 is 5.86. The Kier molecular flexibility index (Phi) is 7.77. The largest absolute Gasteiger partial charge is 0.504 e. The maximum atomic E-state index is 12.7. The van der Waals surface area contributed by atoms with Crippen molar-refractivity contribution in [1.29, 1.82) is 0 Å². The lowest BCUT2D eigenvalue weighted by Crippen LogP contribution is -2.33. The fourth-order valence-corrected chi connectivity index (χ4v) is 2.98. The Labute approximate surface area is 197 Å². The molecular formula is C23H19BrN4O5. The number of anilines is 2. The lowest BCUT2D eigenvalue weighted by molar-refractivity contribution is -0.136. The number of phenols is 1. The van der Waals surface area contributed by atoms with Crippen LogP contribution >= 0.6 is 15.9 Å². The minimum Gasteiger partial charge on any atom is -0.504 e. The van der Waals surface area contributed by atoms with Crippen molar-refractivity contribution in [2.75, 3.05) is 17.7 Å². The van der Waals surface area contributed by atoms with Crippen LogP contribution in [0.3, 0.4) is 0 Å². The van der Waals surface area contributed by atoms with E-state index < -0.39 is 17.7 Å². The first kappa shape index (κ1) is 23.5. The number of methoxy groups -OCH3 is 1. The van der Waals surface area contributed by atoms with E-state index in [0.717, 1.165) is 4.47 Å². The van der Waals surface area contributed by atoms with E-state index in [1.54, 1.807) is 54.6 Å². The number of carbonyl (C=O) groups excluding carboxylic acids is 3. The first-order chi connectivity index (χ1) is 15.9. The zero-order valence-electron chi connectivity index (χ0n) is 17.3. The Morgan fingerprint density at radius 2 is 1.67 bits per heavy atom. The number of hydrogen-bond acceptors (Lipinski definition) is 6. The molecule has 0 heterocycles. The number of halogens is 1.